The lowest BCUT2D eigenvalue weighted by molar-refractivity contribution is 1.39. The average molecular weight is 265 g/mol. The van der Waals surface area contributed by atoms with Crippen LogP contribution in [-0.4, -0.2) is 14.3 Å². The van der Waals surface area contributed by atoms with E-state index in [1.54, 1.807) is 6.20 Å². The molecule has 0 amide bonds. The molecule has 0 N–H and O–H groups in total. The maximum absolute atomic E-state index is 4.52. The molecule has 0 bridgehead atoms. The monoisotopic (exact) mass is 265 g/mol. The Kier molecular flexibility index (Phi) is 3.42. The second-order valence-corrected chi connectivity index (χ2v) is 4.58. The van der Waals surface area contributed by atoms with Crippen LogP contribution < -0.4 is 0 Å². The van der Waals surface area contributed by atoms with Crippen LogP contribution >= 0.6 is 11.5 Å². The molecule has 0 saturated carbocycles. The molecule has 0 unspecified atom stereocenters. The van der Waals surface area contributed by atoms with Crippen LogP contribution in [-0.2, 0) is 0 Å². The van der Waals surface area contributed by atoms with E-state index >= 15 is 0 Å². The van der Waals surface area contributed by atoms with Crippen molar-refractivity contribution in [3.63, 3.8) is 0 Å². The zero-order valence-electron chi connectivity index (χ0n) is 10.1. The van der Waals surface area contributed by atoms with Crippen molar-refractivity contribution < 1.29 is 0 Å². The van der Waals surface area contributed by atoms with Crippen molar-refractivity contribution in [2.75, 3.05) is 0 Å². The van der Waals surface area contributed by atoms with Crippen LogP contribution in [0.4, 0.5) is 0 Å². The standard InChI is InChI=1S/C12H8N2.C3H3NS/c1-2-6-10-9(5-1)13-11-7-3-4-8-12(11)14-10;1-2-4-5-3-1/h1-8H;1-3H. The van der Waals surface area contributed by atoms with E-state index in [0.717, 1.165) is 22.1 Å². The molecule has 92 valence electrons. The summed E-state index contributed by atoms with van der Waals surface area (Å²) >= 11 is 1.46. The van der Waals surface area contributed by atoms with Gasteiger partial charge in [-0.3, -0.25) is 0 Å². The predicted octanol–water partition coefficient (Wildman–Crippen LogP) is 3.93. The molecule has 4 heteroatoms. The highest BCUT2D eigenvalue weighted by atomic mass is 32.1. The fraction of sp³-hybridized carbons (Fsp3) is 0. The van der Waals surface area contributed by atoms with Gasteiger partial charge in [-0.2, -0.15) is 0 Å². The molecule has 2 heterocycles. The van der Waals surface area contributed by atoms with Crippen molar-refractivity contribution in [1.82, 2.24) is 14.3 Å². The Bertz CT molecular complexity index is 659. The van der Waals surface area contributed by atoms with Crippen LogP contribution in [0.25, 0.3) is 22.1 Å². The van der Waals surface area contributed by atoms with Gasteiger partial charge in [0.1, 0.15) is 0 Å². The van der Waals surface area contributed by atoms with Crippen LogP contribution in [0.1, 0.15) is 0 Å². The quantitative estimate of drug-likeness (QED) is 0.452. The summed E-state index contributed by atoms with van der Waals surface area (Å²) < 4.78 is 3.76. The van der Waals surface area contributed by atoms with Crippen molar-refractivity contribution in [2.24, 2.45) is 0 Å². The Hall–Kier alpha value is -2.33. The molecule has 0 atom stereocenters. The maximum atomic E-state index is 4.52. The summed E-state index contributed by atoms with van der Waals surface area (Å²) in [5, 5.41) is 1.93. The van der Waals surface area contributed by atoms with Gasteiger partial charge in [-0.1, -0.05) is 24.3 Å². The van der Waals surface area contributed by atoms with Crippen molar-refractivity contribution in [2.45, 2.75) is 0 Å². The number of benzene rings is 2. The van der Waals surface area contributed by atoms with Gasteiger partial charge in [0.15, 0.2) is 0 Å². The van der Waals surface area contributed by atoms with Crippen molar-refractivity contribution >= 4 is 33.6 Å². The second kappa shape index (κ2) is 5.54. The highest BCUT2D eigenvalue weighted by molar-refractivity contribution is 7.03. The Morgan fingerprint density at radius 1 is 0.632 bits per heavy atom. The maximum Gasteiger partial charge on any atom is 0.0894 e. The largest absolute Gasteiger partial charge is 0.245 e. The van der Waals surface area contributed by atoms with Crippen molar-refractivity contribution in [3.8, 4) is 0 Å². The van der Waals surface area contributed by atoms with Gasteiger partial charge in [0, 0.05) is 11.6 Å². The summed E-state index contributed by atoms with van der Waals surface area (Å²) in [5.41, 5.74) is 3.80. The van der Waals surface area contributed by atoms with E-state index < -0.39 is 0 Å². The third kappa shape index (κ3) is 2.74. The van der Waals surface area contributed by atoms with E-state index in [9.17, 15) is 0 Å². The molecule has 2 aromatic heterocycles. The lowest BCUT2D eigenvalue weighted by Gasteiger charge is -1.98. The van der Waals surface area contributed by atoms with Crippen LogP contribution in [0.2, 0.25) is 0 Å². The molecule has 0 aliphatic rings. The van der Waals surface area contributed by atoms with E-state index in [4.69, 9.17) is 0 Å². The number of rotatable bonds is 0. The zero-order chi connectivity index (χ0) is 12.9. The molecule has 0 saturated heterocycles. The van der Waals surface area contributed by atoms with E-state index in [1.807, 2.05) is 60.0 Å². The van der Waals surface area contributed by atoms with Gasteiger partial charge in [0.05, 0.1) is 22.1 Å². The van der Waals surface area contributed by atoms with Gasteiger partial charge in [0.2, 0.25) is 0 Å². The van der Waals surface area contributed by atoms with Crippen molar-refractivity contribution in [1.29, 1.82) is 0 Å². The van der Waals surface area contributed by atoms with Gasteiger partial charge in [-0.25, -0.2) is 14.3 Å². The molecule has 0 aliphatic carbocycles. The summed E-state index contributed by atoms with van der Waals surface area (Å²) in [5.74, 6) is 0. The molecule has 2 aromatic carbocycles. The van der Waals surface area contributed by atoms with Crippen LogP contribution in [0.5, 0.6) is 0 Å². The first-order valence-electron chi connectivity index (χ1n) is 5.89. The van der Waals surface area contributed by atoms with Gasteiger partial charge >= 0.3 is 0 Å². The predicted molar refractivity (Wildman–Crippen MR) is 79.2 cm³/mol. The number of aromatic nitrogens is 3. The number of nitrogens with zero attached hydrogens (tertiary/aromatic N) is 3. The van der Waals surface area contributed by atoms with Gasteiger partial charge < -0.3 is 0 Å². The highest BCUT2D eigenvalue weighted by Gasteiger charge is 1.98. The first-order chi connectivity index (χ1) is 9.43. The van der Waals surface area contributed by atoms with E-state index in [1.165, 1.54) is 11.5 Å². The lowest BCUT2D eigenvalue weighted by atomic mass is 10.2. The van der Waals surface area contributed by atoms with Crippen molar-refractivity contribution in [3.05, 3.63) is 66.2 Å². The van der Waals surface area contributed by atoms with E-state index in [-0.39, 0.29) is 0 Å². The van der Waals surface area contributed by atoms with Crippen LogP contribution in [0.3, 0.4) is 0 Å². The van der Waals surface area contributed by atoms with Crippen LogP contribution in [0.15, 0.2) is 66.2 Å². The smallest absolute Gasteiger partial charge is 0.0894 e. The molecule has 0 aliphatic heterocycles. The van der Waals surface area contributed by atoms with Crippen LogP contribution in [0, 0.1) is 0 Å². The summed E-state index contributed by atoms with van der Waals surface area (Å²) in [6.07, 6.45) is 1.77. The highest BCUT2D eigenvalue weighted by Crippen LogP contribution is 2.14. The minimum absolute atomic E-state index is 0.950. The topological polar surface area (TPSA) is 38.7 Å². The third-order valence-electron chi connectivity index (χ3n) is 2.59. The minimum atomic E-state index is 0.950. The number of fused-ring (bicyclic) bond motifs is 2. The molecule has 4 aromatic rings. The fourth-order valence-corrected chi connectivity index (χ4v) is 2.09. The molecule has 0 fully saturated rings. The lowest BCUT2D eigenvalue weighted by Crippen LogP contribution is -1.85. The molecular weight excluding hydrogens is 254 g/mol. The first-order valence-corrected chi connectivity index (χ1v) is 6.73. The summed E-state index contributed by atoms with van der Waals surface area (Å²) in [6, 6.07) is 17.7. The summed E-state index contributed by atoms with van der Waals surface area (Å²) in [7, 11) is 0. The zero-order valence-corrected chi connectivity index (χ0v) is 10.9. The fourth-order valence-electron chi connectivity index (χ4n) is 1.74. The van der Waals surface area contributed by atoms with E-state index in [2.05, 4.69) is 14.3 Å². The van der Waals surface area contributed by atoms with Gasteiger partial charge in [-0.05, 0) is 41.9 Å². The SMILES string of the molecule is c1ccc2nc3ccccc3nc2c1.c1cnsc1. The number of hydrogen-bond acceptors (Lipinski definition) is 4. The Labute approximate surface area is 114 Å². The van der Waals surface area contributed by atoms with E-state index in [0.29, 0.717) is 0 Å². The third-order valence-corrected chi connectivity index (χ3v) is 3.11. The minimum Gasteiger partial charge on any atom is -0.245 e. The second-order valence-electron chi connectivity index (χ2n) is 3.89. The number of para-hydroxylation sites is 4. The molecule has 0 spiro atoms. The molecule has 4 rings (SSSR count). The normalized spacial score (nSPS) is 10.1. The Balaban J connectivity index is 0.000000187. The van der Waals surface area contributed by atoms with Gasteiger partial charge in [0.25, 0.3) is 0 Å². The molecule has 19 heavy (non-hydrogen) atoms. The van der Waals surface area contributed by atoms with Gasteiger partial charge in [-0.15, -0.1) is 0 Å². The Morgan fingerprint density at radius 3 is 1.37 bits per heavy atom. The molecular formula is C15H11N3S. The molecule has 0 radical (unpaired) electrons. The number of hydrogen-bond donors (Lipinski definition) is 0. The summed E-state index contributed by atoms with van der Waals surface area (Å²) in [4.78, 5) is 9.03. The summed E-state index contributed by atoms with van der Waals surface area (Å²) in [6.45, 7) is 0. The average Bonchev–Trinajstić information content (AvgIpc) is 3.04. The molecule has 3 nitrogen and oxygen atoms in total. The first kappa shape index (κ1) is 11.7. The Morgan fingerprint density at radius 2 is 1.11 bits per heavy atom.